The molecule has 0 heterocycles. The van der Waals surface area contributed by atoms with Crippen molar-refractivity contribution in [1.82, 2.24) is 0 Å². The number of benzene rings is 1. The summed E-state index contributed by atoms with van der Waals surface area (Å²) in [6, 6.07) is 8.17. The topological polar surface area (TPSA) is 20.2 Å². The van der Waals surface area contributed by atoms with Crippen molar-refractivity contribution < 1.29 is 5.11 Å². The molecule has 1 rings (SSSR count). The number of hydrogen-bond acceptors (Lipinski definition) is 2. The van der Waals surface area contributed by atoms with Crippen LogP contribution in [0.2, 0.25) is 0 Å². The van der Waals surface area contributed by atoms with Crippen LogP contribution < -0.4 is 0 Å². The third kappa shape index (κ3) is 3.83. The largest absolute Gasteiger partial charge is 0.396 e. The minimum absolute atomic E-state index is 0.308. The molecule has 0 unspecified atom stereocenters. The average molecular weight is 196 g/mol. The summed E-state index contributed by atoms with van der Waals surface area (Å²) in [6.07, 6.45) is 4.21. The summed E-state index contributed by atoms with van der Waals surface area (Å²) in [5.74, 6) is 0. The van der Waals surface area contributed by atoms with Crippen LogP contribution >= 0.6 is 12.6 Å². The van der Waals surface area contributed by atoms with Crippen molar-refractivity contribution in [3.05, 3.63) is 29.8 Å². The number of hydrogen-bond donors (Lipinski definition) is 2. The van der Waals surface area contributed by atoms with E-state index in [1.807, 2.05) is 18.2 Å². The molecule has 0 radical (unpaired) electrons. The maximum atomic E-state index is 8.60. The molecule has 0 bridgehead atoms. The molecule has 0 fully saturated rings. The zero-order chi connectivity index (χ0) is 9.52. The Balaban J connectivity index is 2.32. The van der Waals surface area contributed by atoms with Crippen LogP contribution in [0, 0.1) is 0 Å². The number of aliphatic hydroxyl groups is 1. The molecule has 0 aliphatic carbocycles. The van der Waals surface area contributed by atoms with Gasteiger partial charge in [-0.15, -0.1) is 12.6 Å². The molecule has 0 aromatic heterocycles. The molecular formula is C11H16OS. The normalized spacial score (nSPS) is 10.3. The molecule has 0 aliphatic rings. The van der Waals surface area contributed by atoms with Gasteiger partial charge in [0.15, 0.2) is 0 Å². The van der Waals surface area contributed by atoms with Crippen LogP contribution in [0.1, 0.15) is 24.8 Å². The average Bonchev–Trinajstić information content (AvgIpc) is 2.15. The van der Waals surface area contributed by atoms with E-state index >= 15 is 0 Å². The Morgan fingerprint density at radius 1 is 1.08 bits per heavy atom. The van der Waals surface area contributed by atoms with E-state index in [1.165, 1.54) is 5.56 Å². The van der Waals surface area contributed by atoms with Crippen molar-refractivity contribution in [2.45, 2.75) is 30.6 Å². The summed E-state index contributed by atoms with van der Waals surface area (Å²) in [5, 5.41) is 8.60. The number of aliphatic hydroxyl groups excluding tert-OH is 1. The summed E-state index contributed by atoms with van der Waals surface area (Å²) >= 11 is 4.37. The predicted octanol–water partition coefficient (Wildman–Crippen LogP) is 2.68. The Kier molecular flexibility index (Phi) is 4.94. The van der Waals surface area contributed by atoms with E-state index in [0.29, 0.717) is 6.61 Å². The highest BCUT2D eigenvalue weighted by Crippen LogP contribution is 2.15. The van der Waals surface area contributed by atoms with Gasteiger partial charge in [0.1, 0.15) is 0 Å². The van der Waals surface area contributed by atoms with E-state index in [-0.39, 0.29) is 0 Å². The van der Waals surface area contributed by atoms with Crippen molar-refractivity contribution >= 4 is 12.6 Å². The summed E-state index contributed by atoms with van der Waals surface area (Å²) in [5.41, 5.74) is 1.31. The quantitative estimate of drug-likeness (QED) is 0.548. The predicted molar refractivity (Wildman–Crippen MR) is 58.3 cm³/mol. The Labute approximate surface area is 85.2 Å². The van der Waals surface area contributed by atoms with Gasteiger partial charge in [0.2, 0.25) is 0 Å². The van der Waals surface area contributed by atoms with E-state index in [2.05, 4.69) is 18.7 Å². The number of aryl methyl sites for hydroxylation is 1. The van der Waals surface area contributed by atoms with Gasteiger partial charge in [-0.3, -0.25) is 0 Å². The fraction of sp³-hybridized carbons (Fsp3) is 0.455. The fourth-order valence-electron chi connectivity index (χ4n) is 1.33. The highest BCUT2D eigenvalue weighted by Gasteiger charge is 1.96. The van der Waals surface area contributed by atoms with E-state index < -0.39 is 0 Å². The molecule has 0 saturated carbocycles. The fourth-order valence-corrected chi connectivity index (χ4v) is 1.60. The van der Waals surface area contributed by atoms with Gasteiger partial charge in [-0.1, -0.05) is 24.6 Å². The zero-order valence-corrected chi connectivity index (χ0v) is 8.63. The lowest BCUT2D eigenvalue weighted by atomic mass is 10.1. The number of unbranched alkanes of at least 4 members (excludes halogenated alkanes) is 2. The van der Waals surface area contributed by atoms with Gasteiger partial charge in [-0.2, -0.15) is 0 Å². The van der Waals surface area contributed by atoms with Gasteiger partial charge in [0.05, 0.1) is 0 Å². The molecule has 1 N–H and O–H groups in total. The van der Waals surface area contributed by atoms with Crippen LogP contribution in [0.3, 0.4) is 0 Å². The first-order valence-electron chi connectivity index (χ1n) is 4.72. The minimum Gasteiger partial charge on any atom is -0.396 e. The van der Waals surface area contributed by atoms with Crippen molar-refractivity contribution in [2.75, 3.05) is 6.61 Å². The molecule has 0 aliphatic heterocycles. The highest BCUT2D eigenvalue weighted by molar-refractivity contribution is 7.80. The van der Waals surface area contributed by atoms with Crippen LogP contribution in [0.15, 0.2) is 29.2 Å². The van der Waals surface area contributed by atoms with Gasteiger partial charge in [0.25, 0.3) is 0 Å². The van der Waals surface area contributed by atoms with E-state index in [1.54, 1.807) is 0 Å². The van der Waals surface area contributed by atoms with Crippen LogP contribution in [-0.2, 0) is 6.42 Å². The first-order chi connectivity index (χ1) is 6.34. The third-order valence-corrected chi connectivity index (χ3v) is 2.53. The lowest BCUT2D eigenvalue weighted by Crippen LogP contribution is -1.89. The standard InChI is InChI=1S/C11H16OS/c12-9-5-1-2-6-10-7-3-4-8-11(10)13/h3-4,7-8,12-13H,1-2,5-6,9H2. The Bertz CT molecular complexity index is 248. The molecule has 1 nitrogen and oxygen atoms in total. The molecule has 0 saturated heterocycles. The van der Waals surface area contributed by atoms with Crippen LogP contribution in [0.25, 0.3) is 0 Å². The van der Waals surface area contributed by atoms with Gasteiger partial charge >= 0.3 is 0 Å². The summed E-state index contributed by atoms with van der Waals surface area (Å²) < 4.78 is 0. The Morgan fingerprint density at radius 3 is 2.54 bits per heavy atom. The van der Waals surface area contributed by atoms with Crippen molar-refractivity contribution in [1.29, 1.82) is 0 Å². The number of rotatable bonds is 5. The van der Waals surface area contributed by atoms with Crippen LogP contribution in [0.5, 0.6) is 0 Å². The second kappa shape index (κ2) is 6.06. The van der Waals surface area contributed by atoms with Crippen molar-refractivity contribution in [3.63, 3.8) is 0 Å². The van der Waals surface area contributed by atoms with Crippen molar-refractivity contribution in [2.24, 2.45) is 0 Å². The van der Waals surface area contributed by atoms with Crippen LogP contribution in [-0.4, -0.2) is 11.7 Å². The molecule has 0 amide bonds. The van der Waals surface area contributed by atoms with Gasteiger partial charge < -0.3 is 5.11 Å². The maximum absolute atomic E-state index is 8.60. The second-order valence-electron chi connectivity index (χ2n) is 3.16. The molecule has 0 spiro atoms. The van der Waals surface area contributed by atoms with E-state index in [0.717, 1.165) is 30.6 Å². The number of thiol groups is 1. The van der Waals surface area contributed by atoms with Crippen molar-refractivity contribution in [3.8, 4) is 0 Å². The smallest absolute Gasteiger partial charge is 0.0431 e. The monoisotopic (exact) mass is 196 g/mol. The lowest BCUT2D eigenvalue weighted by molar-refractivity contribution is 0.283. The Hall–Kier alpha value is -0.470. The molecular weight excluding hydrogens is 180 g/mol. The van der Waals surface area contributed by atoms with E-state index in [9.17, 15) is 0 Å². The first-order valence-corrected chi connectivity index (χ1v) is 5.17. The summed E-state index contributed by atoms with van der Waals surface area (Å²) in [6.45, 7) is 0.308. The third-order valence-electron chi connectivity index (χ3n) is 2.10. The molecule has 1 aromatic carbocycles. The first kappa shape index (κ1) is 10.6. The molecule has 1 aromatic rings. The van der Waals surface area contributed by atoms with Gasteiger partial charge in [-0.05, 0) is 30.9 Å². The molecule has 2 heteroatoms. The van der Waals surface area contributed by atoms with E-state index in [4.69, 9.17) is 5.11 Å². The Morgan fingerprint density at radius 2 is 1.85 bits per heavy atom. The maximum Gasteiger partial charge on any atom is 0.0431 e. The molecule has 72 valence electrons. The SMILES string of the molecule is OCCCCCc1ccccc1S. The lowest BCUT2D eigenvalue weighted by Gasteiger charge is -2.03. The van der Waals surface area contributed by atoms with Gasteiger partial charge in [0, 0.05) is 11.5 Å². The molecule has 13 heavy (non-hydrogen) atoms. The zero-order valence-electron chi connectivity index (χ0n) is 7.74. The van der Waals surface area contributed by atoms with Crippen LogP contribution in [0.4, 0.5) is 0 Å². The second-order valence-corrected chi connectivity index (χ2v) is 3.64. The summed E-state index contributed by atoms with van der Waals surface area (Å²) in [7, 11) is 0. The minimum atomic E-state index is 0.308. The van der Waals surface area contributed by atoms with Gasteiger partial charge in [-0.25, -0.2) is 0 Å². The summed E-state index contributed by atoms with van der Waals surface area (Å²) in [4.78, 5) is 1.08. The molecule has 0 atom stereocenters. The highest BCUT2D eigenvalue weighted by atomic mass is 32.1.